The molecule has 1 atom stereocenters. The fourth-order valence-electron chi connectivity index (χ4n) is 3.81. The normalized spacial score (nSPS) is 17.4. The minimum atomic E-state index is -4.54. The van der Waals surface area contributed by atoms with Gasteiger partial charge in [-0.25, -0.2) is 13.1 Å². The van der Waals surface area contributed by atoms with Gasteiger partial charge in [0, 0.05) is 10.6 Å². The highest BCUT2D eigenvalue weighted by molar-refractivity contribution is 7.92. The number of hydrogen-bond donors (Lipinski definition) is 1. The number of carbonyl (C=O) groups excluding carboxylic acids is 1. The van der Waals surface area contributed by atoms with Gasteiger partial charge in [0.25, 0.3) is 5.91 Å². The maximum Gasteiger partial charge on any atom is 0.416 e. The van der Waals surface area contributed by atoms with Crippen LogP contribution in [0.25, 0.3) is 16.9 Å². The molecular weight excluding hydrogens is 530 g/mol. The van der Waals surface area contributed by atoms with Crippen LogP contribution in [0.3, 0.4) is 0 Å². The zero-order valence-electron chi connectivity index (χ0n) is 18.1. The topological polar surface area (TPSA) is 90.3 Å². The first-order chi connectivity index (χ1) is 16.4. The monoisotopic (exact) mass is 547 g/mol. The molecule has 2 heterocycles. The van der Waals surface area contributed by atoms with Crippen LogP contribution in [0.1, 0.15) is 28.9 Å². The Kier molecular flexibility index (Phi) is 6.78. The summed E-state index contributed by atoms with van der Waals surface area (Å²) in [5.41, 5.74) is -0.446. The number of hydrogen-bond acceptors (Lipinski definition) is 5. The van der Waals surface area contributed by atoms with Crippen LogP contribution in [0.2, 0.25) is 10.0 Å². The van der Waals surface area contributed by atoms with E-state index in [9.17, 15) is 26.4 Å². The van der Waals surface area contributed by atoms with Crippen molar-refractivity contribution in [2.45, 2.75) is 24.4 Å². The molecule has 4 rings (SSSR count). The average Bonchev–Trinajstić information content (AvgIpc) is 3.32. The van der Waals surface area contributed by atoms with Crippen LogP contribution in [0, 0.1) is 0 Å². The van der Waals surface area contributed by atoms with Crippen molar-refractivity contribution >= 4 is 38.9 Å². The first-order valence-electron chi connectivity index (χ1n) is 10.2. The lowest BCUT2D eigenvalue weighted by molar-refractivity contribution is -0.137. The summed E-state index contributed by atoms with van der Waals surface area (Å²) < 4.78 is 70.4. The third-order valence-electron chi connectivity index (χ3n) is 5.51. The molecule has 0 bridgehead atoms. The van der Waals surface area contributed by atoms with Gasteiger partial charge in [0.2, 0.25) is 0 Å². The molecule has 1 fully saturated rings. The minimum Gasteiger partial charge on any atom is -0.492 e. The van der Waals surface area contributed by atoms with E-state index in [2.05, 4.69) is 10.4 Å². The van der Waals surface area contributed by atoms with Crippen LogP contribution in [0.15, 0.2) is 42.5 Å². The van der Waals surface area contributed by atoms with Gasteiger partial charge in [-0.1, -0.05) is 35.3 Å². The third-order valence-corrected chi connectivity index (χ3v) is 8.12. The largest absolute Gasteiger partial charge is 0.492 e. The van der Waals surface area contributed by atoms with Gasteiger partial charge in [-0.3, -0.25) is 4.79 Å². The molecule has 1 N–H and O–H groups in total. The molecule has 13 heteroatoms. The summed E-state index contributed by atoms with van der Waals surface area (Å²) in [6, 6.07) is 8.69. The highest BCUT2D eigenvalue weighted by Gasteiger charge is 2.35. The number of amides is 1. The minimum absolute atomic E-state index is 0.0410. The maximum absolute atomic E-state index is 13.1. The van der Waals surface area contributed by atoms with Crippen molar-refractivity contribution in [3.8, 4) is 22.7 Å². The first kappa shape index (κ1) is 25.3. The quantitative estimate of drug-likeness (QED) is 0.477. The van der Waals surface area contributed by atoms with Gasteiger partial charge in [0.1, 0.15) is 11.1 Å². The van der Waals surface area contributed by atoms with Gasteiger partial charge in [-0.15, -0.1) is 0 Å². The van der Waals surface area contributed by atoms with Crippen molar-refractivity contribution < 1.29 is 31.1 Å². The molecule has 1 aromatic heterocycles. The van der Waals surface area contributed by atoms with Gasteiger partial charge in [0.15, 0.2) is 21.3 Å². The summed E-state index contributed by atoms with van der Waals surface area (Å²) in [7, 11) is -2.23. The standard InChI is InChI=1S/C22H18Cl2F3N3O4S/c1-34-20-18(21(31)28-17-3-2-10-35(17,32)33)29-30(16-9-8-14(23)11-15(16)24)19(20)12-4-6-13(7-5-12)22(25,26)27/h4-9,11,17H,2-3,10H2,1H3,(H,28,31). The molecule has 1 unspecified atom stereocenters. The molecule has 1 amide bonds. The van der Waals surface area contributed by atoms with Gasteiger partial charge < -0.3 is 10.1 Å². The predicted molar refractivity (Wildman–Crippen MR) is 125 cm³/mol. The lowest BCUT2D eigenvalue weighted by Gasteiger charge is -2.12. The van der Waals surface area contributed by atoms with Crippen LogP contribution >= 0.6 is 23.2 Å². The second-order valence-electron chi connectivity index (χ2n) is 7.78. The van der Waals surface area contributed by atoms with E-state index in [1.54, 1.807) is 0 Å². The van der Waals surface area contributed by atoms with E-state index in [0.717, 1.165) is 12.1 Å². The Hall–Kier alpha value is -2.76. The van der Waals surface area contributed by atoms with E-state index in [0.29, 0.717) is 11.4 Å². The fraction of sp³-hybridized carbons (Fsp3) is 0.273. The molecule has 1 aliphatic heterocycles. The van der Waals surface area contributed by atoms with Crippen molar-refractivity contribution in [2.75, 3.05) is 12.9 Å². The number of rotatable bonds is 5. The summed E-state index contributed by atoms with van der Waals surface area (Å²) >= 11 is 12.3. The number of benzene rings is 2. The van der Waals surface area contributed by atoms with E-state index < -0.39 is 32.9 Å². The van der Waals surface area contributed by atoms with Crippen molar-refractivity contribution in [2.24, 2.45) is 0 Å². The SMILES string of the molecule is COc1c(C(=O)NC2CCCS2(=O)=O)nn(-c2ccc(Cl)cc2Cl)c1-c1ccc(C(F)(F)F)cc1. The molecule has 0 saturated carbocycles. The molecule has 186 valence electrons. The summed E-state index contributed by atoms with van der Waals surface area (Å²) in [4.78, 5) is 13.1. The van der Waals surface area contributed by atoms with Crippen LogP contribution in [0.5, 0.6) is 5.75 Å². The Morgan fingerprint density at radius 2 is 1.86 bits per heavy atom. The summed E-state index contributed by atoms with van der Waals surface area (Å²) in [6.07, 6.45) is -3.87. The number of halogens is 5. The fourth-order valence-corrected chi connectivity index (χ4v) is 5.97. The zero-order valence-corrected chi connectivity index (χ0v) is 20.4. The third kappa shape index (κ3) is 4.98. The number of methoxy groups -OCH3 is 1. The molecule has 0 aliphatic carbocycles. The molecule has 7 nitrogen and oxygen atoms in total. The highest BCUT2D eigenvalue weighted by atomic mass is 35.5. The Labute approximate surface area is 208 Å². The smallest absolute Gasteiger partial charge is 0.416 e. The molecule has 3 aromatic rings. The zero-order chi connectivity index (χ0) is 25.5. The van der Waals surface area contributed by atoms with Gasteiger partial charge in [0.05, 0.1) is 29.1 Å². The number of sulfone groups is 1. The molecule has 0 spiro atoms. The van der Waals surface area contributed by atoms with E-state index >= 15 is 0 Å². The Morgan fingerprint density at radius 3 is 2.40 bits per heavy atom. The first-order valence-corrected chi connectivity index (χ1v) is 12.7. The van der Waals surface area contributed by atoms with Crippen molar-refractivity contribution in [1.29, 1.82) is 0 Å². The second kappa shape index (κ2) is 9.36. The number of carbonyl (C=O) groups is 1. The van der Waals surface area contributed by atoms with Crippen molar-refractivity contribution in [1.82, 2.24) is 15.1 Å². The molecule has 1 aliphatic rings. The molecular formula is C22H18Cl2F3N3O4S. The molecule has 0 radical (unpaired) electrons. The van der Waals surface area contributed by atoms with E-state index in [-0.39, 0.29) is 45.6 Å². The number of ether oxygens (including phenoxy) is 1. The van der Waals surface area contributed by atoms with Gasteiger partial charge in [-0.05, 0) is 43.2 Å². The van der Waals surface area contributed by atoms with E-state index in [1.165, 1.54) is 42.1 Å². The maximum atomic E-state index is 13.1. The number of nitrogens with zero attached hydrogens (tertiary/aromatic N) is 2. The number of aromatic nitrogens is 2. The predicted octanol–water partition coefficient (Wildman–Crippen LogP) is 5.14. The highest BCUT2D eigenvalue weighted by Crippen LogP contribution is 2.39. The number of nitrogens with one attached hydrogen (secondary N) is 1. The molecule has 2 aromatic carbocycles. The Balaban J connectivity index is 1.87. The molecule has 1 saturated heterocycles. The Bertz CT molecular complexity index is 1390. The van der Waals surface area contributed by atoms with Crippen molar-refractivity contribution in [3.05, 3.63) is 63.8 Å². The van der Waals surface area contributed by atoms with Crippen LogP contribution in [0.4, 0.5) is 13.2 Å². The summed E-state index contributed by atoms with van der Waals surface area (Å²) in [5, 5.41) is 6.20. The van der Waals surface area contributed by atoms with Crippen LogP contribution in [-0.4, -0.2) is 42.3 Å². The Morgan fingerprint density at radius 1 is 1.17 bits per heavy atom. The van der Waals surface area contributed by atoms with Crippen molar-refractivity contribution in [3.63, 3.8) is 0 Å². The van der Waals surface area contributed by atoms with Crippen LogP contribution < -0.4 is 10.1 Å². The lowest BCUT2D eigenvalue weighted by Crippen LogP contribution is -2.38. The second-order valence-corrected chi connectivity index (χ2v) is 10.9. The summed E-state index contributed by atoms with van der Waals surface area (Å²) in [6.45, 7) is 0. The lowest BCUT2D eigenvalue weighted by atomic mass is 10.1. The summed E-state index contributed by atoms with van der Waals surface area (Å²) in [5.74, 6) is -0.918. The van der Waals surface area contributed by atoms with E-state index in [1.807, 2.05) is 0 Å². The average molecular weight is 548 g/mol. The van der Waals surface area contributed by atoms with Gasteiger partial charge >= 0.3 is 6.18 Å². The number of alkyl halides is 3. The van der Waals surface area contributed by atoms with E-state index in [4.69, 9.17) is 27.9 Å². The molecule has 35 heavy (non-hydrogen) atoms. The van der Waals surface area contributed by atoms with Crippen LogP contribution in [-0.2, 0) is 16.0 Å². The van der Waals surface area contributed by atoms with Gasteiger partial charge in [-0.2, -0.15) is 18.3 Å².